The van der Waals surface area contributed by atoms with Crippen LogP contribution in [0.1, 0.15) is 0 Å². The van der Waals surface area contributed by atoms with Crippen molar-refractivity contribution < 1.29 is 0 Å². The Morgan fingerprint density at radius 3 is 1.77 bits per heavy atom. The Morgan fingerprint density at radius 2 is 0.900 bits per heavy atom. The van der Waals surface area contributed by atoms with Crippen LogP contribution in [0.4, 0.5) is 17.1 Å². The maximum absolute atomic E-state index is 2.42. The van der Waals surface area contributed by atoms with Gasteiger partial charge in [-0.3, -0.25) is 0 Å². The van der Waals surface area contributed by atoms with Crippen molar-refractivity contribution in [2.24, 2.45) is 0 Å². The summed E-state index contributed by atoms with van der Waals surface area (Å²) in [7, 11) is 0. The van der Waals surface area contributed by atoms with Crippen molar-refractivity contribution in [1.82, 2.24) is 0 Å². The second kappa shape index (κ2) is 14.1. The van der Waals surface area contributed by atoms with Crippen molar-refractivity contribution in [3.05, 3.63) is 224 Å². The number of para-hydroxylation sites is 1. The quantitative estimate of drug-likeness (QED) is 0.152. The van der Waals surface area contributed by atoms with Gasteiger partial charge < -0.3 is 4.90 Å². The van der Waals surface area contributed by atoms with E-state index in [1.807, 2.05) is 11.3 Å². The Bertz CT molecular complexity index is 3590. The minimum Gasteiger partial charge on any atom is -0.310 e. The van der Waals surface area contributed by atoms with Gasteiger partial charge >= 0.3 is 0 Å². The van der Waals surface area contributed by atoms with Crippen LogP contribution in [0.3, 0.4) is 0 Å². The highest BCUT2D eigenvalue weighted by atomic mass is 32.1. The Morgan fingerprint density at radius 1 is 0.283 bits per heavy atom. The normalized spacial score (nSPS) is 11.7. The number of hydrogen-bond acceptors (Lipinski definition) is 2. The fourth-order valence-corrected chi connectivity index (χ4v) is 10.5. The first-order chi connectivity index (χ1) is 29.7. The molecule has 60 heavy (non-hydrogen) atoms. The van der Waals surface area contributed by atoms with E-state index in [0.717, 1.165) is 17.1 Å². The predicted molar refractivity (Wildman–Crippen MR) is 260 cm³/mol. The van der Waals surface area contributed by atoms with Gasteiger partial charge in [-0.05, 0) is 119 Å². The largest absolute Gasteiger partial charge is 0.310 e. The maximum Gasteiger partial charge on any atom is 0.0540 e. The van der Waals surface area contributed by atoms with E-state index in [4.69, 9.17) is 0 Å². The molecule has 1 nitrogen and oxygen atoms in total. The average molecular weight is 780 g/mol. The van der Waals surface area contributed by atoms with Gasteiger partial charge in [-0.2, -0.15) is 0 Å². The summed E-state index contributed by atoms with van der Waals surface area (Å²) in [6, 6.07) is 82.5. The van der Waals surface area contributed by atoms with Crippen LogP contribution >= 0.6 is 11.3 Å². The Balaban J connectivity index is 1.02. The van der Waals surface area contributed by atoms with Gasteiger partial charge in [0.2, 0.25) is 0 Å². The van der Waals surface area contributed by atoms with Crippen molar-refractivity contribution in [3.63, 3.8) is 0 Å². The number of fused-ring (bicyclic) bond motifs is 10. The molecule has 11 aromatic carbocycles. The monoisotopic (exact) mass is 779 g/mol. The molecule has 0 aliphatic heterocycles. The van der Waals surface area contributed by atoms with E-state index in [9.17, 15) is 0 Å². The zero-order chi connectivity index (χ0) is 39.6. The summed E-state index contributed by atoms with van der Waals surface area (Å²) < 4.78 is 2.65. The molecule has 1 aromatic heterocycles. The molecule has 2 heteroatoms. The summed E-state index contributed by atoms with van der Waals surface area (Å²) in [6.07, 6.45) is 0. The van der Waals surface area contributed by atoms with E-state index >= 15 is 0 Å². The van der Waals surface area contributed by atoms with E-state index in [1.54, 1.807) is 0 Å². The summed E-state index contributed by atoms with van der Waals surface area (Å²) in [6.45, 7) is 0. The second-order valence-electron chi connectivity index (χ2n) is 15.6. The van der Waals surface area contributed by atoms with Crippen molar-refractivity contribution in [2.45, 2.75) is 0 Å². The highest BCUT2D eigenvalue weighted by Crippen LogP contribution is 2.45. The molecule has 12 aromatic rings. The molecule has 0 N–H and O–H groups in total. The highest BCUT2D eigenvalue weighted by molar-refractivity contribution is 7.25. The molecular weight excluding hydrogens is 743 g/mol. The van der Waals surface area contributed by atoms with Crippen LogP contribution in [0.15, 0.2) is 224 Å². The van der Waals surface area contributed by atoms with Gasteiger partial charge in [-0.25, -0.2) is 0 Å². The van der Waals surface area contributed by atoms with Crippen molar-refractivity contribution >= 4 is 91.7 Å². The number of anilines is 3. The first kappa shape index (κ1) is 34.5. The topological polar surface area (TPSA) is 3.24 Å². The van der Waals surface area contributed by atoms with E-state index in [0.29, 0.717) is 0 Å². The average Bonchev–Trinajstić information content (AvgIpc) is 3.70. The van der Waals surface area contributed by atoms with Crippen molar-refractivity contribution in [3.8, 4) is 33.4 Å². The van der Waals surface area contributed by atoms with E-state index in [1.165, 1.54) is 96.6 Å². The Kier molecular flexibility index (Phi) is 8.11. The zero-order valence-electron chi connectivity index (χ0n) is 32.7. The molecule has 0 atom stereocenters. The van der Waals surface area contributed by atoms with Crippen LogP contribution in [0.5, 0.6) is 0 Å². The third-order valence-corrected chi connectivity index (χ3v) is 13.4. The fraction of sp³-hybridized carbons (Fsp3) is 0. The standard InChI is InChI=1S/C58H37NS/c1-2-12-39(13-3-1)48-17-6-8-22-54(48)59(45-32-28-38(29-33-45)43-31-35-56-53(37-43)51-19-7-9-23-55(51)60-56)46-16-10-15-44(36-46)47-20-11-21-52-50(47)34-30-42-27-26-41-25-24-40-14-4-5-18-49(40)57(41)58(42)52/h1-37H. The molecule has 0 aliphatic rings. The third kappa shape index (κ3) is 5.68. The molecule has 0 fully saturated rings. The molecule has 0 aliphatic carbocycles. The van der Waals surface area contributed by atoms with Crippen LogP contribution in [0, 0.1) is 0 Å². The predicted octanol–water partition coefficient (Wildman–Crippen LogP) is 17.1. The minimum absolute atomic E-state index is 1.10. The van der Waals surface area contributed by atoms with E-state index < -0.39 is 0 Å². The Hall–Kier alpha value is -7.52. The number of rotatable bonds is 6. The fourth-order valence-electron chi connectivity index (χ4n) is 9.41. The number of thiophene rings is 1. The van der Waals surface area contributed by atoms with Crippen molar-refractivity contribution in [1.29, 1.82) is 0 Å². The minimum atomic E-state index is 1.10. The summed E-state index contributed by atoms with van der Waals surface area (Å²) in [5.74, 6) is 0. The molecule has 0 spiro atoms. The second-order valence-corrected chi connectivity index (χ2v) is 16.7. The molecule has 0 bridgehead atoms. The van der Waals surface area contributed by atoms with Gasteiger partial charge in [-0.1, -0.05) is 176 Å². The van der Waals surface area contributed by atoms with Gasteiger partial charge in [0.15, 0.2) is 0 Å². The first-order valence-electron chi connectivity index (χ1n) is 20.6. The van der Waals surface area contributed by atoms with E-state index in [2.05, 4.69) is 229 Å². The molecule has 0 amide bonds. The molecule has 280 valence electrons. The molecule has 0 unspecified atom stereocenters. The smallest absolute Gasteiger partial charge is 0.0540 e. The lowest BCUT2D eigenvalue weighted by Crippen LogP contribution is -2.11. The van der Waals surface area contributed by atoms with Crippen LogP contribution < -0.4 is 4.90 Å². The SMILES string of the molecule is c1ccc(-c2ccccc2N(c2ccc(-c3ccc4sc5ccccc5c4c3)cc2)c2cccc(-c3cccc4c3ccc3ccc5ccc6ccccc6c5c34)c2)cc1. The molecule has 0 radical (unpaired) electrons. The summed E-state index contributed by atoms with van der Waals surface area (Å²) in [4.78, 5) is 2.42. The van der Waals surface area contributed by atoms with Crippen LogP contribution in [0.25, 0.3) is 96.6 Å². The maximum atomic E-state index is 2.42. The lowest BCUT2D eigenvalue weighted by molar-refractivity contribution is 1.28. The van der Waals surface area contributed by atoms with Crippen LogP contribution in [-0.2, 0) is 0 Å². The molecule has 0 saturated carbocycles. The molecular formula is C58H37NS. The summed E-state index contributed by atoms with van der Waals surface area (Å²) in [5.41, 5.74) is 10.5. The number of nitrogens with zero attached hydrogens (tertiary/aromatic N) is 1. The van der Waals surface area contributed by atoms with Gasteiger partial charge in [0, 0.05) is 37.1 Å². The lowest BCUT2D eigenvalue weighted by atomic mass is 9.90. The summed E-state index contributed by atoms with van der Waals surface area (Å²) >= 11 is 1.86. The first-order valence-corrected chi connectivity index (χ1v) is 21.4. The molecule has 0 saturated heterocycles. The van der Waals surface area contributed by atoms with Gasteiger partial charge in [0.05, 0.1) is 5.69 Å². The van der Waals surface area contributed by atoms with Gasteiger partial charge in [0.1, 0.15) is 0 Å². The lowest BCUT2D eigenvalue weighted by Gasteiger charge is -2.28. The number of hydrogen-bond donors (Lipinski definition) is 0. The summed E-state index contributed by atoms with van der Waals surface area (Å²) in [5, 5.41) is 12.9. The zero-order valence-corrected chi connectivity index (χ0v) is 33.5. The highest BCUT2D eigenvalue weighted by Gasteiger charge is 2.19. The van der Waals surface area contributed by atoms with Gasteiger partial charge in [-0.15, -0.1) is 11.3 Å². The molecule has 12 rings (SSSR count). The van der Waals surface area contributed by atoms with E-state index in [-0.39, 0.29) is 0 Å². The number of benzene rings is 11. The van der Waals surface area contributed by atoms with Crippen LogP contribution in [-0.4, -0.2) is 0 Å². The molecule has 1 heterocycles. The van der Waals surface area contributed by atoms with Crippen molar-refractivity contribution in [2.75, 3.05) is 4.90 Å². The van der Waals surface area contributed by atoms with Gasteiger partial charge in [0.25, 0.3) is 0 Å². The third-order valence-electron chi connectivity index (χ3n) is 12.2. The van der Waals surface area contributed by atoms with Crippen LogP contribution in [0.2, 0.25) is 0 Å². The Labute approximate surface area is 352 Å².